The van der Waals surface area contributed by atoms with E-state index < -0.39 is 22.2 Å². The highest BCUT2D eigenvalue weighted by molar-refractivity contribution is 6.32. The topological polar surface area (TPSA) is 65.3 Å². The minimum Gasteiger partial charge on any atom is -0.478 e. The van der Waals surface area contributed by atoms with E-state index in [1.54, 1.807) is 0 Å². The molecule has 2 aromatic rings. The van der Waals surface area contributed by atoms with E-state index in [9.17, 15) is 14.5 Å². The number of ether oxygens (including phenoxy) is 1. The predicted molar refractivity (Wildman–Crippen MR) is 71.6 cm³/mol. The first-order chi connectivity index (χ1) is 9.49. The molecule has 0 aliphatic heterocycles. The first kappa shape index (κ1) is 14.5. The maximum Gasteiger partial charge on any atom is 0.314 e. The molecule has 0 unspecified atom stereocenters. The fourth-order valence-corrected chi connectivity index (χ4v) is 1.81. The Labute approximate surface area is 123 Å². The molecule has 104 valence electrons. The van der Waals surface area contributed by atoms with Crippen LogP contribution in [-0.2, 0) is 6.61 Å². The molecule has 0 amide bonds. The van der Waals surface area contributed by atoms with Crippen LogP contribution in [0.1, 0.15) is 5.69 Å². The van der Waals surface area contributed by atoms with Gasteiger partial charge in [-0.2, -0.15) is 0 Å². The third-order valence-electron chi connectivity index (χ3n) is 2.38. The van der Waals surface area contributed by atoms with Crippen LogP contribution >= 0.6 is 23.2 Å². The monoisotopic (exact) mass is 316 g/mol. The number of pyridine rings is 1. The van der Waals surface area contributed by atoms with E-state index in [2.05, 4.69) is 4.98 Å². The highest BCUT2D eigenvalue weighted by Gasteiger charge is 2.20. The van der Waals surface area contributed by atoms with E-state index >= 15 is 0 Å². The van der Waals surface area contributed by atoms with E-state index in [0.717, 1.165) is 12.1 Å². The summed E-state index contributed by atoms with van der Waals surface area (Å²) < 4.78 is 18.7. The van der Waals surface area contributed by atoms with Gasteiger partial charge in [-0.25, -0.2) is 9.37 Å². The summed E-state index contributed by atoms with van der Waals surface area (Å²) >= 11 is 11.6. The minimum absolute atomic E-state index is 0.191. The van der Waals surface area contributed by atoms with Gasteiger partial charge in [0.15, 0.2) is 5.82 Å². The second kappa shape index (κ2) is 6.02. The number of para-hydroxylation sites is 1. The largest absolute Gasteiger partial charge is 0.478 e. The second-order valence-electron chi connectivity index (χ2n) is 3.70. The van der Waals surface area contributed by atoms with Gasteiger partial charge in [-0.3, -0.25) is 10.1 Å². The van der Waals surface area contributed by atoms with Gasteiger partial charge < -0.3 is 4.74 Å². The van der Waals surface area contributed by atoms with Gasteiger partial charge in [0.25, 0.3) is 0 Å². The molecule has 0 fully saturated rings. The number of hydrogen-bond acceptors (Lipinski definition) is 4. The van der Waals surface area contributed by atoms with Crippen LogP contribution in [0.15, 0.2) is 30.3 Å². The van der Waals surface area contributed by atoms with Crippen molar-refractivity contribution in [2.75, 3.05) is 0 Å². The highest BCUT2D eigenvalue weighted by Crippen LogP contribution is 2.30. The number of hydrogen-bond donors (Lipinski definition) is 0. The van der Waals surface area contributed by atoms with Crippen molar-refractivity contribution >= 4 is 28.9 Å². The molecule has 0 N–H and O–H groups in total. The molecular weight excluding hydrogens is 310 g/mol. The minimum atomic E-state index is -0.836. The van der Waals surface area contributed by atoms with E-state index in [4.69, 9.17) is 27.9 Å². The Morgan fingerprint density at radius 2 is 2.05 bits per heavy atom. The van der Waals surface area contributed by atoms with Crippen molar-refractivity contribution in [3.63, 3.8) is 0 Å². The number of nitrogens with zero attached hydrogens (tertiary/aromatic N) is 2. The van der Waals surface area contributed by atoms with Gasteiger partial charge in [-0.1, -0.05) is 29.3 Å². The Kier molecular flexibility index (Phi) is 4.36. The summed E-state index contributed by atoms with van der Waals surface area (Å²) in [6.07, 6.45) is 0. The number of nitro groups is 1. The van der Waals surface area contributed by atoms with Crippen molar-refractivity contribution in [3.8, 4) is 5.75 Å². The van der Waals surface area contributed by atoms with Gasteiger partial charge in [-0.05, 0) is 18.2 Å². The molecule has 0 saturated heterocycles. The Balaban J connectivity index is 2.27. The van der Waals surface area contributed by atoms with Crippen molar-refractivity contribution < 1.29 is 14.1 Å². The first-order valence-electron chi connectivity index (χ1n) is 5.35. The number of rotatable bonds is 4. The van der Waals surface area contributed by atoms with Crippen LogP contribution in [0.2, 0.25) is 10.2 Å². The normalized spacial score (nSPS) is 10.3. The Hall–Kier alpha value is -1.92. The molecule has 20 heavy (non-hydrogen) atoms. The molecule has 2 rings (SSSR count). The van der Waals surface area contributed by atoms with Crippen molar-refractivity contribution in [1.82, 2.24) is 4.98 Å². The standard InChI is InChI=1S/C12H7Cl2FN2O3/c13-7-4-5-11(14)16-9(7)6-20-12-8(15)2-1-3-10(12)17(18)19/h1-5H,6H2. The molecule has 5 nitrogen and oxygen atoms in total. The first-order valence-corrected chi connectivity index (χ1v) is 6.11. The van der Waals surface area contributed by atoms with Crippen molar-refractivity contribution in [3.05, 3.63) is 62.1 Å². The number of benzene rings is 1. The Morgan fingerprint density at radius 1 is 1.30 bits per heavy atom. The molecule has 0 bridgehead atoms. The molecule has 0 aliphatic rings. The average Bonchev–Trinajstić information content (AvgIpc) is 2.40. The molecular formula is C12H7Cl2FN2O3. The van der Waals surface area contributed by atoms with Gasteiger partial charge in [0.05, 0.1) is 15.6 Å². The van der Waals surface area contributed by atoms with Crippen LogP contribution < -0.4 is 4.74 Å². The van der Waals surface area contributed by atoms with Crippen LogP contribution in [0, 0.1) is 15.9 Å². The summed E-state index contributed by atoms with van der Waals surface area (Å²) in [4.78, 5) is 14.0. The van der Waals surface area contributed by atoms with Crippen LogP contribution in [0.4, 0.5) is 10.1 Å². The lowest BCUT2D eigenvalue weighted by Gasteiger charge is -2.08. The lowest BCUT2D eigenvalue weighted by molar-refractivity contribution is -0.386. The molecule has 0 atom stereocenters. The molecule has 8 heteroatoms. The van der Waals surface area contributed by atoms with Gasteiger partial charge in [0.1, 0.15) is 11.8 Å². The van der Waals surface area contributed by atoms with Crippen LogP contribution in [0.25, 0.3) is 0 Å². The molecule has 1 aromatic carbocycles. The third-order valence-corrected chi connectivity index (χ3v) is 2.94. The van der Waals surface area contributed by atoms with E-state index in [-0.39, 0.29) is 22.5 Å². The van der Waals surface area contributed by atoms with Crippen LogP contribution in [0.5, 0.6) is 5.75 Å². The van der Waals surface area contributed by atoms with Crippen LogP contribution in [-0.4, -0.2) is 9.91 Å². The number of nitro benzene ring substituents is 1. The molecule has 1 heterocycles. The fourth-order valence-electron chi connectivity index (χ4n) is 1.48. The fraction of sp³-hybridized carbons (Fsp3) is 0.0833. The van der Waals surface area contributed by atoms with Crippen molar-refractivity contribution in [1.29, 1.82) is 0 Å². The van der Waals surface area contributed by atoms with Crippen LogP contribution in [0.3, 0.4) is 0 Å². The lowest BCUT2D eigenvalue weighted by Crippen LogP contribution is -2.03. The average molecular weight is 317 g/mol. The summed E-state index contributed by atoms with van der Waals surface area (Å²) in [5.41, 5.74) is -0.208. The van der Waals surface area contributed by atoms with Gasteiger partial charge in [0.2, 0.25) is 5.75 Å². The quantitative estimate of drug-likeness (QED) is 0.485. The maximum absolute atomic E-state index is 13.6. The van der Waals surface area contributed by atoms with Gasteiger partial charge in [-0.15, -0.1) is 0 Å². The van der Waals surface area contributed by atoms with E-state index in [1.807, 2.05) is 0 Å². The SMILES string of the molecule is O=[N+]([O-])c1cccc(F)c1OCc1nc(Cl)ccc1Cl. The highest BCUT2D eigenvalue weighted by atomic mass is 35.5. The lowest BCUT2D eigenvalue weighted by atomic mass is 10.3. The third kappa shape index (κ3) is 3.15. The molecule has 0 aliphatic carbocycles. The second-order valence-corrected chi connectivity index (χ2v) is 4.49. The maximum atomic E-state index is 13.6. The zero-order chi connectivity index (χ0) is 14.7. The van der Waals surface area contributed by atoms with Gasteiger partial charge in [0, 0.05) is 6.07 Å². The Bertz CT molecular complexity index is 667. The molecule has 0 spiro atoms. The van der Waals surface area contributed by atoms with E-state index in [1.165, 1.54) is 18.2 Å². The predicted octanol–water partition coefficient (Wildman–Crippen LogP) is 4.01. The molecule has 0 radical (unpaired) electrons. The van der Waals surface area contributed by atoms with Crippen molar-refractivity contribution in [2.24, 2.45) is 0 Å². The summed E-state index contributed by atoms with van der Waals surface area (Å²) in [5.74, 6) is -1.30. The zero-order valence-electron chi connectivity index (χ0n) is 9.85. The summed E-state index contributed by atoms with van der Waals surface area (Å²) in [6.45, 7) is -0.235. The molecule has 0 saturated carbocycles. The van der Waals surface area contributed by atoms with Crippen molar-refractivity contribution in [2.45, 2.75) is 6.61 Å². The number of aromatic nitrogens is 1. The summed E-state index contributed by atoms with van der Waals surface area (Å²) in [6, 6.07) is 6.43. The Morgan fingerprint density at radius 3 is 2.75 bits per heavy atom. The number of halogens is 3. The smallest absolute Gasteiger partial charge is 0.314 e. The van der Waals surface area contributed by atoms with Gasteiger partial charge >= 0.3 is 5.69 Å². The summed E-state index contributed by atoms with van der Waals surface area (Å²) in [5, 5.41) is 11.3. The molecule has 1 aromatic heterocycles. The van der Waals surface area contributed by atoms with E-state index in [0.29, 0.717) is 0 Å². The summed E-state index contributed by atoms with van der Waals surface area (Å²) in [7, 11) is 0. The zero-order valence-corrected chi connectivity index (χ0v) is 11.4.